The molecule has 13 nitrogen and oxygen atoms in total. The van der Waals surface area contributed by atoms with E-state index in [9.17, 15) is 8.42 Å². The lowest BCUT2D eigenvalue weighted by atomic mass is 10.2. The molecular weight excluding hydrogens is 514 g/mol. The van der Waals surface area contributed by atoms with Crippen molar-refractivity contribution in [2.24, 2.45) is 0 Å². The van der Waals surface area contributed by atoms with Crippen LogP contribution in [0.2, 0.25) is 0 Å². The Morgan fingerprint density at radius 1 is 0.868 bits per heavy atom. The van der Waals surface area contributed by atoms with Crippen molar-refractivity contribution in [2.45, 2.75) is 18.6 Å². The van der Waals surface area contributed by atoms with Crippen LogP contribution >= 0.6 is 0 Å². The van der Waals surface area contributed by atoms with Gasteiger partial charge in [-0.1, -0.05) is 12.1 Å². The molecule has 14 heteroatoms. The van der Waals surface area contributed by atoms with Crippen LogP contribution in [-0.4, -0.2) is 71.8 Å². The molecule has 38 heavy (non-hydrogen) atoms. The van der Waals surface area contributed by atoms with Crippen molar-refractivity contribution in [2.75, 3.05) is 33.2 Å². The molecule has 200 valence electrons. The number of nitrogens with one attached hydrogen (secondary N) is 1. The van der Waals surface area contributed by atoms with Gasteiger partial charge in [-0.3, -0.25) is 14.3 Å². The first-order valence-corrected chi connectivity index (χ1v) is 12.9. The van der Waals surface area contributed by atoms with Gasteiger partial charge < -0.3 is 18.9 Å². The van der Waals surface area contributed by atoms with Crippen molar-refractivity contribution in [1.29, 1.82) is 0 Å². The van der Waals surface area contributed by atoms with E-state index in [1.54, 1.807) is 43.3 Å². The number of pyridine rings is 1. The molecule has 0 fully saturated rings. The molecule has 1 atom stereocenters. The number of hydrogen-bond donors (Lipinski definition) is 1. The molecule has 0 bridgehead atoms. The summed E-state index contributed by atoms with van der Waals surface area (Å²) in [5, 5.41) is 7.52. The summed E-state index contributed by atoms with van der Waals surface area (Å²) in [5.74, 6) is 1.63. The van der Waals surface area contributed by atoms with E-state index in [0.717, 1.165) is 0 Å². The molecule has 0 spiro atoms. The third kappa shape index (κ3) is 5.44. The van der Waals surface area contributed by atoms with Gasteiger partial charge in [0, 0.05) is 12.5 Å². The van der Waals surface area contributed by atoms with E-state index >= 15 is 0 Å². The van der Waals surface area contributed by atoms with Gasteiger partial charge in [-0.05, 0) is 25.1 Å². The van der Waals surface area contributed by atoms with Crippen molar-refractivity contribution < 1.29 is 27.4 Å². The lowest BCUT2D eigenvalue weighted by molar-refractivity contribution is 0.391. The van der Waals surface area contributed by atoms with Crippen molar-refractivity contribution in [3.63, 3.8) is 0 Å². The average Bonchev–Trinajstić information content (AvgIpc) is 3.35. The second-order valence-corrected chi connectivity index (χ2v) is 10.1. The molecule has 4 rings (SSSR count). The van der Waals surface area contributed by atoms with Crippen molar-refractivity contribution in [1.82, 2.24) is 29.7 Å². The van der Waals surface area contributed by atoms with Gasteiger partial charge in [-0.25, -0.2) is 18.4 Å². The number of methoxy groups -OCH3 is 4. The quantitative estimate of drug-likeness (QED) is 0.298. The van der Waals surface area contributed by atoms with Crippen LogP contribution in [0.25, 0.3) is 17.2 Å². The third-order valence-electron chi connectivity index (χ3n) is 5.60. The smallest absolute Gasteiger partial charge is 0.243 e. The van der Waals surface area contributed by atoms with E-state index in [1.807, 2.05) is 0 Å². The van der Waals surface area contributed by atoms with Crippen molar-refractivity contribution >= 4 is 16.0 Å². The molecule has 4 aromatic rings. The number of rotatable bonds is 11. The summed E-state index contributed by atoms with van der Waals surface area (Å²) < 4.78 is 52.3. The van der Waals surface area contributed by atoms with Crippen LogP contribution in [0.1, 0.15) is 12.6 Å². The van der Waals surface area contributed by atoms with Gasteiger partial charge in [-0.2, -0.15) is 0 Å². The van der Waals surface area contributed by atoms with Gasteiger partial charge in [-0.15, -0.1) is 10.2 Å². The van der Waals surface area contributed by atoms with E-state index < -0.39 is 15.3 Å². The lowest BCUT2D eigenvalue weighted by Crippen LogP contribution is -2.29. The van der Waals surface area contributed by atoms with E-state index in [-0.39, 0.29) is 18.2 Å². The van der Waals surface area contributed by atoms with Crippen LogP contribution in [-0.2, 0) is 16.4 Å². The minimum absolute atomic E-state index is 0.0833. The van der Waals surface area contributed by atoms with Crippen LogP contribution in [0.15, 0.2) is 48.8 Å². The molecule has 0 aliphatic rings. The van der Waals surface area contributed by atoms with Crippen LogP contribution in [0.3, 0.4) is 0 Å². The molecular formula is C24H27N7O6S. The zero-order valence-corrected chi connectivity index (χ0v) is 22.3. The second kappa shape index (κ2) is 11.3. The number of hydrogen-bond acceptors (Lipinski definition) is 11. The monoisotopic (exact) mass is 541 g/mol. The van der Waals surface area contributed by atoms with Crippen LogP contribution < -0.4 is 23.7 Å². The fraction of sp³-hybridized carbons (Fsp3) is 0.292. The summed E-state index contributed by atoms with van der Waals surface area (Å²) >= 11 is 0. The van der Waals surface area contributed by atoms with Gasteiger partial charge in [0.25, 0.3) is 0 Å². The topological polar surface area (TPSA) is 152 Å². The molecule has 0 amide bonds. The standard InChI is InChI=1S/C24H27N7O6S/c1-15(12-16-13-26-21(37-5)14-25-16)38(32,33)30-24-29-28-23(17-8-6-11-20(27-17)36-4)31(24)22-18(34-2)9-7-10-19(22)35-3/h6-11,13-15H,12H2,1-5H3,(H,29,30)/t15-/m1/s1. The van der Waals surface area contributed by atoms with E-state index in [2.05, 4.69) is 29.9 Å². The summed E-state index contributed by atoms with van der Waals surface area (Å²) in [6.45, 7) is 1.56. The zero-order chi connectivity index (χ0) is 27.3. The number of nitrogens with zero attached hydrogens (tertiary/aromatic N) is 6. The fourth-order valence-electron chi connectivity index (χ4n) is 3.62. The third-order valence-corrected chi connectivity index (χ3v) is 7.29. The predicted octanol–water partition coefficient (Wildman–Crippen LogP) is 2.53. The van der Waals surface area contributed by atoms with Gasteiger partial charge in [0.1, 0.15) is 22.9 Å². The fourth-order valence-corrected chi connectivity index (χ4v) is 4.60. The van der Waals surface area contributed by atoms with Crippen molar-refractivity contribution in [3.8, 4) is 40.5 Å². The van der Waals surface area contributed by atoms with E-state index in [1.165, 1.54) is 45.4 Å². The number of sulfonamides is 1. The maximum Gasteiger partial charge on any atom is 0.243 e. The maximum atomic E-state index is 13.4. The highest BCUT2D eigenvalue weighted by Crippen LogP contribution is 2.37. The Bertz CT molecular complexity index is 1490. The molecule has 3 heterocycles. The number of aromatic nitrogens is 6. The molecule has 0 saturated carbocycles. The van der Waals surface area contributed by atoms with E-state index in [0.29, 0.717) is 40.3 Å². The highest BCUT2D eigenvalue weighted by molar-refractivity contribution is 7.93. The Morgan fingerprint density at radius 2 is 1.55 bits per heavy atom. The molecule has 1 aromatic carbocycles. The Labute approximate surface area is 219 Å². The predicted molar refractivity (Wildman–Crippen MR) is 139 cm³/mol. The van der Waals surface area contributed by atoms with Gasteiger partial charge in [0.2, 0.25) is 27.7 Å². The van der Waals surface area contributed by atoms with E-state index in [4.69, 9.17) is 18.9 Å². The lowest BCUT2D eigenvalue weighted by Gasteiger charge is -2.19. The number of benzene rings is 1. The minimum Gasteiger partial charge on any atom is -0.494 e. The molecule has 0 unspecified atom stereocenters. The Morgan fingerprint density at radius 3 is 2.16 bits per heavy atom. The molecule has 0 saturated heterocycles. The molecule has 0 aliphatic carbocycles. The summed E-state index contributed by atoms with van der Waals surface area (Å²) in [6, 6.07) is 10.3. The van der Waals surface area contributed by atoms with Crippen molar-refractivity contribution in [3.05, 3.63) is 54.5 Å². The summed E-state index contributed by atoms with van der Waals surface area (Å²) in [7, 11) is 1.98. The number of anilines is 1. The number of ether oxygens (including phenoxy) is 4. The summed E-state index contributed by atoms with van der Waals surface area (Å²) in [6.07, 6.45) is 3.00. The largest absolute Gasteiger partial charge is 0.494 e. The average molecular weight is 542 g/mol. The SMILES string of the molecule is COc1cnc(C[C@@H](C)S(=O)(=O)Nc2nnc(-c3cccc(OC)n3)n2-c2c(OC)cccc2OC)cn1. The van der Waals surface area contributed by atoms with Gasteiger partial charge in [0.15, 0.2) is 5.82 Å². The van der Waals surface area contributed by atoms with Crippen LogP contribution in [0.4, 0.5) is 5.95 Å². The van der Waals surface area contributed by atoms with Gasteiger partial charge >= 0.3 is 0 Å². The Kier molecular flexibility index (Phi) is 7.90. The summed E-state index contributed by atoms with van der Waals surface area (Å²) in [4.78, 5) is 12.7. The summed E-state index contributed by atoms with van der Waals surface area (Å²) in [5.41, 5.74) is 1.25. The van der Waals surface area contributed by atoms with Gasteiger partial charge in [0.05, 0.1) is 51.8 Å². The first kappa shape index (κ1) is 26.6. The van der Waals surface area contributed by atoms with Crippen LogP contribution in [0.5, 0.6) is 23.3 Å². The first-order chi connectivity index (χ1) is 18.3. The first-order valence-electron chi connectivity index (χ1n) is 11.4. The molecule has 1 N–H and O–H groups in total. The minimum atomic E-state index is -3.98. The highest BCUT2D eigenvalue weighted by Gasteiger charge is 2.28. The highest BCUT2D eigenvalue weighted by atomic mass is 32.2. The normalized spacial score (nSPS) is 12.0. The Hall–Kier alpha value is -4.46. The van der Waals surface area contributed by atoms with Crippen LogP contribution in [0, 0.1) is 0 Å². The zero-order valence-electron chi connectivity index (χ0n) is 21.4. The molecule has 3 aromatic heterocycles. The maximum absolute atomic E-state index is 13.4. The second-order valence-electron chi connectivity index (χ2n) is 7.97. The number of para-hydroxylation sites is 1. The molecule has 0 aliphatic heterocycles. The Balaban J connectivity index is 1.79. The molecule has 0 radical (unpaired) electrons.